The van der Waals surface area contributed by atoms with Crippen molar-refractivity contribution in [3.05, 3.63) is 23.8 Å². The SMILES string of the molecule is COc1ccc(CNC2CCNC2)c(OC)c1. The van der Waals surface area contributed by atoms with Crippen LogP contribution in [0.5, 0.6) is 11.5 Å². The summed E-state index contributed by atoms with van der Waals surface area (Å²) in [6, 6.07) is 6.51. The monoisotopic (exact) mass is 236 g/mol. The summed E-state index contributed by atoms with van der Waals surface area (Å²) in [4.78, 5) is 0. The van der Waals surface area contributed by atoms with Crippen molar-refractivity contribution in [2.75, 3.05) is 27.3 Å². The number of ether oxygens (including phenoxy) is 2. The van der Waals surface area contributed by atoms with Crippen molar-refractivity contribution in [1.29, 1.82) is 0 Å². The zero-order valence-electron chi connectivity index (χ0n) is 10.5. The van der Waals surface area contributed by atoms with Crippen molar-refractivity contribution < 1.29 is 9.47 Å². The molecule has 0 bridgehead atoms. The molecule has 17 heavy (non-hydrogen) atoms. The largest absolute Gasteiger partial charge is 0.497 e. The first-order chi connectivity index (χ1) is 8.33. The molecule has 94 valence electrons. The van der Waals surface area contributed by atoms with Crippen LogP contribution in [0.4, 0.5) is 0 Å². The van der Waals surface area contributed by atoms with Gasteiger partial charge >= 0.3 is 0 Å². The Morgan fingerprint density at radius 1 is 1.35 bits per heavy atom. The minimum atomic E-state index is 0.571. The van der Waals surface area contributed by atoms with Gasteiger partial charge in [-0.3, -0.25) is 0 Å². The summed E-state index contributed by atoms with van der Waals surface area (Å²) in [5.74, 6) is 1.70. The fourth-order valence-corrected chi connectivity index (χ4v) is 2.08. The number of rotatable bonds is 5. The second-order valence-electron chi connectivity index (χ2n) is 4.25. The van der Waals surface area contributed by atoms with Crippen molar-refractivity contribution in [2.24, 2.45) is 0 Å². The van der Waals surface area contributed by atoms with Crippen LogP contribution in [0.15, 0.2) is 18.2 Å². The standard InChI is InChI=1S/C13H20N2O2/c1-16-12-4-3-10(13(7-12)17-2)8-15-11-5-6-14-9-11/h3-4,7,11,14-15H,5-6,8-9H2,1-2H3. The number of methoxy groups -OCH3 is 2. The average Bonchev–Trinajstić information content (AvgIpc) is 2.89. The van der Waals surface area contributed by atoms with E-state index in [0.29, 0.717) is 6.04 Å². The first-order valence-corrected chi connectivity index (χ1v) is 5.98. The van der Waals surface area contributed by atoms with Gasteiger partial charge in [-0.05, 0) is 19.0 Å². The Hall–Kier alpha value is -1.26. The molecule has 2 N–H and O–H groups in total. The van der Waals surface area contributed by atoms with Crippen LogP contribution >= 0.6 is 0 Å². The maximum Gasteiger partial charge on any atom is 0.127 e. The van der Waals surface area contributed by atoms with Gasteiger partial charge in [-0.25, -0.2) is 0 Å². The third-order valence-corrected chi connectivity index (χ3v) is 3.14. The molecule has 0 aliphatic carbocycles. The molecule has 1 aliphatic heterocycles. The molecule has 1 heterocycles. The highest BCUT2D eigenvalue weighted by atomic mass is 16.5. The van der Waals surface area contributed by atoms with E-state index >= 15 is 0 Å². The van der Waals surface area contributed by atoms with Gasteiger partial charge in [0.15, 0.2) is 0 Å². The predicted molar refractivity (Wildman–Crippen MR) is 67.7 cm³/mol. The number of nitrogens with one attached hydrogen (secondary N) is 2. The lowest BCUT2D eigenvalue weighted by atomic mass is 10.1. The minimum absolute atomic E-state index is 0.571. The van der Waals surface area contributed by atoms with E-state index < -0.39 is 0 Å². The molecule has 0 saturated carbocycles. The molecule has 1 saturated heterocycles. The summed E-state index contributed by atoms with van der Waals surface area (Å²) in [6.07, 6.45) is 1.19. The molecule has 1 atom stereocenters. The smallest absolute Gasteiger partial charge is 0.127 e. The lowest BCUT2D eigenvalue weighted by Crippen LogP contribution is -2.30. The molecule has 0 amide bonds. The second-order valence-corrected chi connectivity index (χ2v) is 4.25. The number of benzene rings is 1. The Morgan fingerprint density at radius 2 is 2.24 bits per heavy atom. The molecular formula is C13H20N2O2. The number of hydrogen-bond donors (Lipinski definition) is 2. The molecule has 0 spiro atoms. The van der Waals surface area contributed by atoms with E-state index in [1.165, 1.54) is 12.0 Å². The Bertz CT molecular complexity index is 362. The van der Waals surface area contributed by atoms with E-state index in [1.807, 2.05) is 18.2 Å². The van der Waals surface area contributed by atoms with Crippen molar-refractivity contribution in [3.8, 4) is 11.5 Å². The Balaban J connectivity index is 1.98. The zero-order valence-corrected chi connectivity index (χ0v) is 10.5. The second kappa shape index (κ2) is 5.89. The van der Waals surface area contributed by atoms with Crippen LogP contribution < -0.4 is 20.1 Å². The third-order valence-electron chi connectivity index (χ3n) is 3.14. The van der Waals surface area contributed by atoms with Crippen LogP contribution in [0, 0.1) is 0 Å². The minimum Gasteiger partial charge on any atom is -0.497 e. The lowest BCUT2D eigenvalue weighted by Gasteiger charge is -2.14. The molecule has 4 heteroatoms. The number of hydrogen-bond acceptors (Lipinski definition) is 4. The van der Waals surface area contributed by atoms with E-state index in [2.05, 4.69) is 10.6 Å². The van der Waals surface area contributed by atoms with Crippen molar-refractivity contribution in [3.63, 3.8) is 0 Å². The Kier molecular flexibility index (Phi) is 4.23. The molecule has 1 aliphatic rings. The zero-order chi connectivity index (χ0) is 12.1. The molecule has 1 fully saturated rings. The van der Waals surface area contributed by atoms with E-state index in [4.69, 9.17) is 9.47 Å². The van der Waals surface area contributed by atoms with Gasteiger partial charge in [0.05, 0.1) is 14.2 Å². The van der Waals surface area contributed by atoms with Gasteiger partial charge in [0, 0.05) is 30.8 Å². The highest BCUT2D eigenvalue weighted by Gasteiger charge is 2.14. The van der Waals surface area contributed by atoms with Gasteiger partial charge in [-0.1, -0.05) is 6.07 Å². The van der Waals surface area contributed by atoms with Crippen LogP contribution in [-0.2, 0) is 6.54 Å². The first kappa shape index (κ1) is 12.2. The van der Waals surface area contributed by atoms with Gasteiger partial charge in [-0.15, -0.1) is 0 Å². The quantitative estimate of drug-likeness (QED) is 0.805. The van der Waals surface area contributed by atoms with Gasteiger partial charge in [0.2, 0.25) is 0 Å². The van der Waals surface area contributed by atoms with Crippen molar-refractivity contribution >= 4 is 0 Å². The van der Waals surface area contributed by atoms with E-state index in [-0.39, 0.29) is 0 Å². The molecule has 1 aromatic carbocycles. The summed E-state index contributed by atoms with van der Waals surface area (Å²) >= 11 is 0. The lowest BCUT2D eigenvalue weighted by molar-refractivity contribution is 0.388. The maximum absolute atomic E-state index is 5.37. The fraction of sp³-hybridized carbons (Fsp3) is 0.538. The summed E-state index contributed by atoms with van der Waals surface area (Å²) in [5.41, 5.74) is 1.17. The molecule has 0 radical (unpaired) electrons. The van der Waals surface area contributed by atoms with Crippen LogP contribution in [0.25, 0.3) is 0 Å². The van der Waals surface area contributed by atoms with Gasteiger partial charge in [0.25, 0.3) is 0 Å². The fourth-order valence-electron chi connectivity index (χ4n) is 2.08. The molecule has 1 aromatic rings. The van der Waals surface area contributed by atoms with Crippen LogP contribution in [0.2, 0.25) is 0 Å². The van der Waals surface area contributed by atoms with E-state index in [1.54, 1.807) is 14.2 Å². The maximum atomic E-state index is 5.37. The summed E-state index contributed by atoms with van der Waals surface area (Å²) in [7, 11) is 3.35. The van der Waals surface area contributed by atoms with Crippen molar-refractivity contribution in [2.45, 2.75) is 19.0 Å². The van der Waals surface area contributed by atoms with Gasteiger partial charge < -0.3 is 20.1 Å². The highest BCUT2D eigenvalue weighted by molar-refractivity contribution is 5.40. The van der Waals surface area contributed by atoms with E-state index in [9.17, 15) is 0 Å². The molecule has 4 nitrogen and oxygen atoms in total. The molecular weight excluding hydrogens is 216 g/mol. The van der Waals surface area contributed by atoms with Gasteiger partial charge in [0.1, 0.15) is 11.5 Å². The topological polar surface area (TPSA) is 42.5 Å². The summed E-state index contributed by atoms with van der Waals surface area (Å²) in [5, 5.41) is 6.87. The predicted octanol–water partition coefficient (Wildman–Crippen LogP) is 1.16. The summed E-state index contributed by atoms with van der Waals surface area (Å²) < 4.78 is 10.5. The molecule has 0 aromatic heterocycles. The van der Waals surface area contributed by atoms with Crippen LogP contribution in [-0.4, -0.2) is 33.4 Å². The molecule has 1 unspecified atom stereocenters. The van der Waals surface area contributed by atoms with Crippen LogP contribution in [0.1, 0.15) is 12.0 Å². The van der Waals surface area contributed by atoms with Crippen molar-refractivity contribution in [1.82, 2.24) is 10.6 Å². The highest BCUT2D eigenvalue weighted by Crippen LogP contribution is 2.24. The van der Waals surface area contributed by atoms with Crippen LogP contribution in [0.3, 0.4) is 0 Å². The first-order valence-electron chi connectivity index (χ1n) is 5.98. The van der Waals surface area contributed by atoms with Gasteiger partial charge in [-0.2, -0.15) is 0 Å². The van der Waals surface area contributed by atoms with E-state index in [0.717, 1.165) is 31.1 Å². The summed E-state index contributed by atoms with van der Waals surface area (Å²) in [6.45, 7) is 3.00. The average molecular weight is 236 g/mol. The third kappa shape index (κ3) is 3.11. The normalized spacial score (nSPS) is 19.3. The Morgan fingerprint density at radius 3 is 2.88 bits per heavy atom. The Labute approximate surface area is 102 Å². The molecule has 2 rings (SSSR count).